The monoisotopic (exact) mass is 397 g/mol. The van der Waals surface area contributed by atoms with Gasteiger partial charge in [-0.25, -0.2) is 4.79 Å². The third kappa shape index (κ3) is 3.96. The molecule has 0 bridgehead atoms. The van der Waals surface area contributed by atoms with Crippen LogP contribution in [-0.4, -0.2) is 34.8 Å². The van der Waals surface area contributed by atoms with Gasteiger partial charge in [0, 0.05) is 16.6 Å². The van der Waals surface area contributed by atoms with E-state index in [1.54, 1.807) is 18.2 Å². The Kier molecular flexibility index (Phi) is 5.73. The van der Waals surface area contributed by atoms with Gasteiger partial charge in [0.05, 0.1) is 0 Å². The van der Waals surface area contributed by atoms with Gasteiger partial charge in [0.25, 0.3) is 5.91 Å². The van der Waals surface area contributed by atoms with E-state index in [2.05, 4.69) is 10.6 Å². The van der Waals surface area contributed by atoms with Gasteiger partial charge < -0.3 is 10.6 Å². The van der Waals surface area contributed by atoms with Crippen molar-refractivity contribution in [2.75, 3.05) is 6.54 Å². The molecule has 0 atom stereocenters. The lowest BCUT2D eigenvalue weighted by molar-refractivity contribution is -0.135. The molecule has 6 nitrogen and oxygen atoms in total. The molecule has 1 aromatic rings. The van der Waals surface area contributed by atoms with Crippen LogP contribution in [0.3, 0.4) is 0 Å². The molecule has 0 unspecified atom stereocenters. The lowest BCUT2D eigenvalue weighted by Crippen LogP contribution is -2.47. The highest BCUT2D eigenvalue weighted by atomic mass is 35.5. The van der Waals surface area contributed by atoms with Crippen molar-refractivity contribution >= 4 is 41.0 Å². The van der Waals surface area contributed by atoms with Crippen molar-refractivity contribution in [2.24, 2.45) is 0 Å². The average molecular weight is 398 g/mol. The van der Waals surface area contributed by atoms with Gasteiger partial charge in [-0.3, -0.25) is 14.5 Å². The first kappa shape index (κ1) is 19.0. The number of amides is 4. The molecular formula is C18H21Cl2N3O3. The van der Waals surface area contributed by atoms with Crippen LogP contribution in [0.5, 0.6) is 0 Å². The highest BCUT2D eigenvalue weighted by molar-refractivity contribution is 6.35. The van der Waals surface area contributed by atoms with E-state index < -0.39 is 17.5 Å². The smallest absolute Gasteiger partial charge is 0.325 e. The molecule has 0 aromatic heterocycles. The van der Waals surface area contributed by atoms with Gasteiger partial charge in [0.15, 0.2) is 0 Å². The summed E-state index contributed by atoms with van der Waals surface area (Å²) < 4.78 is 0. The summed E-state index contributed by atoms with van der Waals surface area (Å²) in [6.07, 6.45) is 5.20. The van der Waals surface area contributed by atoms with Crippen LogP contribution in [0.25, 0.3) is 0 Å². The second-order valence-corrected chi connectivity index (χ2v) is 7.67. The Morgan fingerprint density at radius 1 is 1.15 bits per heavy atom. The Balaban J connectivity index is 1.60. The van der Waals surface area contributed by atoms with Gasteiger partial charge >= 0.3 is 6.03 Å². The molecule has 140 valence electrons. The predicted octanol–water partition coefficient (Wildman–Crippen LogP) is 3.25. The normalized spacial score (nSPS) is 19.4. The van der Waals surface area contributed by atoms with E-state index >= 15 is 0 Å². The molecule has 0 radical (unpaired) electrons. The van der Waals surface area contributed by atoms with Crippen molar-refractivity contribution in [3.63, 3.8) is 0 Å². The van der Waals surface area contributed by atoms with Crippen LogP contribution < -0.4 is 10.6 Å². The summed E-state index contributed by atoms with van der Waals surface area (Å²) in [7, 11) is 0. The first-order valence-corrected chi connectivity index (χ1v) is 9.52. The van der Waals surface area contributed by atoms with E-state index in [9.17, 15) is 14.4 Å². The zero-order chi connectivity index (χ0) is 18.7. The van der Waals surface area contributed by atoms with Gasteiger partial charge in [0.1, 0.15) is 12.1 Å². The molecule has 1 saturated heterocycles. The van der Waals surface area contributed by atoms with Gasteiger partial charge in [-0.2, -0.15) is 0 Å². The number of rotatable bonds is 4. The Labute approximate surface area is 162 Å². The van der Waals surface area contributed by atoms with Gasteiger partial charge in [-0.05, 0) is 30.5 Å². The Bertz CT molecular complexity index is 730. The van der Waals surface area contributed by atoms with E-state index in [4.69, 9.17) is 23.2 Å². The lowest BCUT2D eigenvalue weighted by Gasteiger charge is -2.24. The van der Waals surface area contributed by atoms with E-state index in [0.29, 0.717) is 28.5 Å². The van der Waals surface area contributed by atoms with Gasteiger partial charge in [0.2, 0.25) is 5.91 Å². The SMILES string of the molecule is O=C(CN1C(=O)NC2(CCCCCC2)C1=O)NCc1ccc(Cl)cc1Cl. The highest BCUT2D eigenvalue weighted by Crippen LogP contribution is 2.32. The molecule has 1 heterocycles. The summed E-state index contributed by atoms with van der Waals surface area (Å²) in [5.74, 6) is -0.700. The minimum atomic E-state index is -0.826. The first-order chi connectivity index (χ1) is 12.4. The molecular weight excluding hydrogens is 377 g/mol. The van der Waals surface area contributed by atoms with E-state index in [-0.39, 0.29) is 19.0 Å². The number of carbonyl (C=O) groups excluding carboxylic acids is 3. The lowest BCUT2D eigenvalue weighted by atomic mass is 9.90. The van der Waals surface area contributed by atoms with Gasteiger partial charge in [-0.15, -0.1) is 0 Å². The Morgan fingerprint density at radius 2 is 1.85 bits per heavy atom. The van der Waals surface area contributed by atoms with Crippen LogP contribution in [0, 0.1) is 0 Å². The second-order valence-electron chi connectivity index (χ2n) is 6.83. The van der Waals surface area contributed by atoms with Crippen molar-refractivity contribution in [2.45, 2.75) is 50.6 Å². The summed E-state index contributed by atoms with van der Waals surface area (Å²) in [6.45, 7) is -0.0960. The van der Waals surface area contributed by atoms with Crippen molar-refractivity contribution < 1.29 is 14.4 Å². The minimum Gasteiger partial charge on any atom is -0.350 e. The molecule has 1 aliphatic heterocycles. The van der Waals surface area contributed by atoms with Crippen molar-refractivity contribution in [1.29, 1.82) is 0 Å². The number of halogens is 2. The second kappa shape index (κ2) is 7.84. The molecule has 26 heavy (non-hydrogen) atoms. The topological polar surface area (TPSA) is 78.5 Å². The van der Waals surface area contributed by atoms with Crippen LogP contribution in [-0.2, 0) is 16.1 Å². The number of hydrogen-bond acceptors (Lipinski definition) is 3. The third-order valence-electron chi connectivity index (χ3n) is 5.00. The first-order valence-electron chi connectivity index (χ1n) is 8.76. The quantitative estimate of drug-likeness (QED) is 0.765. The number of nitrogens with zero attached hydrogens (tertiary/aromatic N) is 1. The molecule has 2 N–H and O–H groups in total. The maximum Gasteiger partial charge on any atom is 0.325 e. The summed E-state index contributed by atoms with van der Waals surface area (Å²) in [4.78, 5) is 38.3. The highest BCUT2D eigenvalue weighted by Gasteiger charge is 2.51. The van der Waals surface area contributed by atoms with Crippen LogP contribution in [0.4, 0.5) is 4.79 Å². The summed E-state index contributed by atoms with van der Waals surface area (Å²) in [6, 6.07) is 4.51. The van der Waals surface area contributed by atoms with Crippen molar-refractivity contribution in [3.8, 4) is 0 Å². The largest absolute Gasteiger partial charge is 0.350 e. The minimum absolute atomic E-state index is 0.198. The van der Waals surface area contributed by atoms with E-state index in [1.165, 1.54) is 0 Å². The number of imide groups is 1. The fraction of sp³-hybridized carbons (Fsp3) is 0.500. The summed E-state index contributed by atoms with van der Waals surface area (Å²) >= 11 is 11.9. The molecule has 1 saturated carbocycles. The molecule has 1 aromatic carbocycles. The number of hydrogen-bond donors (Lipinski definition) is 2. The van der Waals surface area contributed by atoms with Crippen LogP contribution in [0.15, 0.2) is 18.2 Å². The van der Waals surface area contributed by atoms with E-state index in [1.807, 2.05) is 0 Å². The molecule has 4 amide bonds. The van der Waals surface area contributed by atoms with Gasteiger partial charge in [-0.1, -0.05) is 55.0 Å². The fourth-order valence-corrected chi connectivity index (χ4v) is 4.02. The number of benzene rings is 1. The zero-order valence-corrected chi connectivity index (χ0v) is 15.8. The summed E-state index contributed by atoms with van der Waals surface area (Å²) in [5.41, 5.74) is -0.116. The summed E-state index contributed by atoms with van der Waals surface area (Å²) in [5, 5.41) is 6.48. The van der Waals surface area contributed by atoms with Crippen molar-refractivity contribution in [1.82, 2.24) is 15.5 Å². The molecule has 2 aliphatic rings. The maximum absolute atomic E-state index is 12.8. The molecule has 1 spiro atoms. The Morgan fingerprint density at radius 3 is 2.50 bits per heavy atom. The predicted molar refractivity (Wildman–Crippen MR) is 99.0 cm³/mol. The standard InChI is InChI=1S/C18H21Cl2N3O3/c19-13-6-5-12(14(20)9-13)10-21-15(24)11-23-16(25)18(22-17(23)26)7-3-1-2-4-8-18/h5-6,9H,1-4,7-8,10-11H2,(H,21,24)(H,22,26). The van der Waals surface area contributed by atoms with Crippen molar-refractivity contribution in [3.05, 3.63) is 33.8 Å². The van der Waals surface area contributed by atoms with Crippen LogP contribution in [0.1, 0.15) is 44.1 Å². The number of carbonyl (C=O) groups is 3. The van der Waals surface area contributed by atoms with E-state index in [0.717, 1.165) is 30.6 Å². The number of urea groups is 1. The molecule has 1 aliphatic carbocycles. The fourth-order valence-electron chi connectivity index (χ4n) is 3.55. The average Bonchev–Trinajstić information content (AvgIpc) is 2.76. The maximum atomic E-state index is 12.8. The Hall–Kier alpha value is -1.79. The zero-order valence-electron chi connectivity index (χ0n) is 14.3. The molecule has 3 rings (SSSR count). The van der Waals surface area contributed by atoms with Crippen LogP contribution >= 0.6 is 23.2 Å². The molecule has 2 fully saturated rings. The van der Waals surface area contributed by atoms with Crippen LogP contribution in [0.2, 0.25) is 10.0 Å². The third-order valence-corrected chi connectivity index (χ3v) is 5.58. The number of nitrogens with one attached hydrogen (secondary N) is 2. The molecule has 8 heteroatoms.